The van der Waals surface area contributed by atoms with Gasteiger partial charge < -0.3 is 14.6 Å². The molecule has 0 saturated heterocycles. The van der Waals surface area contributed by atoms with Gasteiger partial charge in [-0.1, -0.05) is 18.6 Å². The molecule has 2 aliphatic carbocycles. The van der Waals surface area contributed by atoms with Crippen LogP contribution in [0.1, 0.15) is 50.5 Å². The topological polar surface area (TPSA) is 55.8 Å². The van der Waals surface area contributed by atoms with Crippen LogP contribution in [-0.2, 0) is 9.53 Å². The first kappa shape index (κ1) is 16.3. The summed E-state index contributed by atoms with van der Waals surface area (Å²) in [6.07, 6.45) is 4.77. The SMILES string of the molecule is CCOC(=O)[C@H]1C[C@@H]1COc1ccc([C@@H]2CCC[C@@H](O)C2)cc1. The Hall–Kier alpha value is -1.55. The molecule has 0 spiro atoms. The summed E-state index contributed by atoms with van der Waals surface area (Å²) >= 11 is 0. The summed E-state index contributed by atoms with van der Waals surface area (Å²) < 4.78 is 10.8. The molecule has 23 heavy (non-hydrogen) atoms. The third-order valence-corrected chi connectivity index (χ3v) is 4.97. The number of rotatable bonds is 6. The van der Waals surface area contributed by atoms with E-state index in [0.29, 0.717) is 25.0 Å². The standard InChI is InChI=1S/C19H26O4/c1-2-22-19(21)18-11-15(18)12-23-17-8-6-13(7-9-17)14-4-3-5-16(20)10-14/h6-9,14-16,18,20H,2-5,10-12H2,1H3/t14-,15-,16-,18+/m1/s1. The van der Waals surface area contributed by atoms with Crippen molar-refractivity contribution in [3.8, 4) is 5.75 Å². The number of esters is 1. The van der Waals surface area contributed by atoms with Gasteiger partial charge in [-0.2, -0.15) is 0 Å². The molecule has 4 heteroatoms. The second-order valence-electron chi connectivity index (χ2n) is 6.75. The monoisotopic (exact) mass is 318 g/mol. The average Bonchev–Trinajstić information content (AvgIpc) is 3.33. The van der Waals surface area contributed by atoms with Crippen molar-refractivity contribution in [2.24, 2.45) is 11.8 Å². The first-order valence-corrected chi connectivity index (χ1v) is 8.74. The zero-order valence-electron chi connectivity index (χ0n) is 13.7. The third kappa shape index (κ3) is 4.25. The van der Waals surface area contributed by atoms with Gasteiger partial charge in [-0.05, 0) is 56.2 Å². The summed E-state index contributed by atoms with van der Waals surface area (Å²) in [5.74, 6) is 1.54. The molecule has 0 aliphatic heterocycles. The molecule has 2 saturated carbocycles. The second kappa shape index (κ2) is 7.35. The Balaban J connectivity index is 1.46. The molecule has 0 unspecified atom stereocenters. The first-order valence-electron chi connectivity index (χ1n) is 8.74. The van der Waals surface area contributed by atoms with Gasteiger partial charge in [0.2, 0.25) is 0 Å². The maximum absolute atomic E-state index is 11.6. The molecule has 2 aliphatic rings. The lowest BCUT2D eigenvalue weighted by Crippen LogP contribution is -2.18. The highest BCUT2D eigenvalue weighted by Crippen LogP contribution is 2.40. The smallest absolute Gasteiger partial charge is 0.309 e. The summed E-state index contributed by atoms with van der Waals surface area (Å²) in [4.78, 5) is 11.6. The number of benzene rings is 1. The molecule has 0 aromatic heterocycles. The van der Waals surface area contributed by atoms with Gasteiger partial charge in [0.05, 0.1) is 25.2 Å². The first-order chi connectivity index (χ1) is 11.2. The van der Waals surface area contributed by atoms with Crippen molar-refractivity contribution >= 4 is 5.97 Å². The van der Waals surface area contributed by atoms with E-state index >= 15 is 0 Å². The second-order valence-corrected chi connectivity index (χ2v) is 6.75. The molecule has 126 valence electrons. The van der Waals surface area contributed by atoms with Gasteiger partial charge in [-0.3, -0.25) is 4.79 Å². The Morgan fingerprint density at radius 1 is 1.22 bits per heavy atom. The lowest BCUT2D eigenvalue weighted by atomic mass is 9.82. The molecule has 0 bridgehead atoms. The molecule has 3 rings (SSSR count). The van der Waals surface area contributed by atoms with Gasteiger partial charge in [0, 0.05) is 5.92 Å². The predicted molar refractivity (Wildman–Crippen MR) is 87.4 cm³/mol. The third-order valence-electron chi connectivity index (χ3n) is 4.97. The van der Waals surface area contributed by atoms with Crippen molar-refractivity contribution in [1.82, 2.24) is 0 Å². The van der Waals surface area contributed by atoms with E-state index in [4.69, 9.17) is 9.47 Å². The number of hydrogen-bond acceptors (Lipinski definition) is 4. The van der Waals surface area contributed by atoms with E-state index in [1.54, 1.807) is 0 Å². The average molecular weight is 318 g/mol. The quantitative estimate of drug-likeness (QED) is 0.818. The largest absolute Gasteiger partial charge is 0.493 e. The maximum atomic E-state index is 11.6. The molecule has 2 fully saturated rings. The number of hydrogen-bond donors (Lipinski definition) is 1. The molecule has 1 aromatic rings. The minimum Gasteiger partial charge on any atom is -0.493 e. The number of carbonyl (C=O) groups is 1. The number of aliphatic hydroxyl groups excluding tert-OH is 1. The van der Waals surface area contributed by atoms with E-state index in [0.717, 1.165) is 37.9 Å². The van der Waals surface area contributed by atoms with Crippen molar-refractivity contribution in [2.45, 2.75) is 51.0 Å². The molecule has 4 atom stereocenters. The van der Waals surface area contributed by atoms with Crippen LogP contribution >= 0.6 is 0 Å². The Kier molecular flexibility index (Phi) is 5.21. The van der Waals surface area contributed by atoms with E-state index in [-0.39, 0.29) is 18.0 Å². The Morgan fingerprint density at radius 2 is 2.00 bits per heavy atom. The highest BCUT2D eigenvalue weighted by Gasteiger charge is 2.44. The summed E-state index contributed by atoms with van der Waals surface area (Å²) in [5.41, 5.74) is 1.28. The van der Waals surface area contributed by atoms with Crippen molar-refractivity contribution < 1.29 is 19.4 Å². The van der Waals surface area contributed by atoms with Gasteiger partial charge >= 0.3 is 5.97 Å². The van der Waals surface area contributed by atoms with Crippen LogP contribution in [0.3, 0.4) is 0 Å². The van der Waals surface area contributed by atoms with E-state index < -0.39 is 0 Å². The lowest BCUT2D eigenvalue weighted by Gasteiger charge is -2.26. The minimum absolute atomic E-state index is 0.0259. The Morgan fingerprint density at radius 3 is 2.70 bits per heavy atom. The molecule has 4 nitrogen and oxygen atoms in total. The van der Waals surface area contributed by atoms with E-state index in [9.17, 15) is 9.90 Å². The Bertz CT molecular complexity index is 525. The number of ether oxygens (including phenoxy) is 2. The fraction of sp³-hybridized carbons (Fsp3) is 0.632. The van der Waals surface area contributed by atoms with Gasteiger partial charge in [0.1, 0.15) is 5.75 Å². The molecule has 1 N–H and O–H groups in total. The van der Waals surface area contributed by atoms with Crippen molar-refractivity contribution in [3.05, 3.63) is 29.8 Å². The van der Waals surface area contributed by atoms with Crippen molar-refractivity contribution in [3.63, 3.8) is 0 Å². The molecule has 1 aromatic carbocycles. The molecule has 0 amide bonds. The molecule has 0 heterocycles. The number of aliphatic hydroxyl groups is 1. The van der Waals surface area contributed by atoms with Crippen LogP contribution in [0, 0.1) is 11.8 Å². The van der Waals surface area contributed by atoms with E-state index in [1.165, 1.54) is 5.56 Å². The highest BCUT2D eigenvalue weighted by molar-refractivity contribution is 5.75. The zero-order valence-corrected chi connectivity index (χ0v) is 13.7. The minimum atomic E-state index is -0.153. The van der Waals surface area contributed by atoms with Gasteiger partial charge in [0.15, 0.2) is 0 Å². The fourth-order valence-corrected chi connectivity index (χ4v) is 3.48. The van der Waals surface area contributed by atoms with Crippen molar-refractivity contribution in [1.29, 1.82) is 0 Å². The van der Waals surface area contributed by atoms with E-state index in [2.05, 4.69) is 12.1 Å². The van der Waals surface area contributed by atoms with Gasteiger partial charge in [-0.15, -0.1) is 0 Å². The van der Waals surface area contributed by atoms with Crippen LogP contribution in [0.4, 0.5) is 0 Å². The lowest BCUT2D eigenvalue weighted by molar-refractivity contribution is -0.145. The summed E-state index contributed by atoms with van der Waals surface area (Å²) in [6, 6.07) is 8.21. The summed E-state index contributed by atoms with van der Waals surface area (Å²) in [7, 11) is 0. The Labute approximate surface area is 137 Å². The van der Waals surface area contributed by atoms with Gasteiger partial charge in [0.25, 0.3) is 0 Å². The van der Waals surface area contributed by atoms with Crippen LogP contribution in [0.15, 0.2) is 24.3 Å². The van der Waals surface area contributed by atoms with E-state index in [1.807, 2.05) is 19.1 Å². The molecule has 0 radical (unpaired) electrons. The summed E-state index contributed by atoms with van der Waals surface area (Å²) in [6.45, 7) is 2.85. The van der Waals surface area contributed by atoms with Crippen LogP contribution in [0.2, 0.25) is 0 Å². The summed E-state index contributed by atoms with van der Waals surface area (Å²) in [5, 5.41) is 9.79. The van der Waals surface area contributed by atoms with Crippen LogP contribution in [-0.4, -0.2) is 30.4 Å². The highest BCUT2D eigenvalue weighted by atomic mass is 16.5. The van der Waals surface area contributed by atoms with Crippen LogP contribution in [0.5, 0.6) is 5.75 Å². The fourth-order valence-electron chi connectivity index (χ4n) is 3.48. The molecular weight excluding hydrogens is 292 g/mol. The van der Waals surface area contributed by atoms with Crippen LogP contribution < -0.4 is 4.74 Å². The maximum Gasteiger partial charge on any atom is 0.309 e. The van der Waals surface area contributed by atoms with Crippen molar-refractivity contribution in [2.75, 3.05) is 13.2 Å². The molecular formula is C19H26O4. The van der Waals surface area contributed by atoms with Gasteiger partial charge in [-0.25, -0.2) is 0 Å². The normalized spacial score (nSPS) is 29.8. The predicted octanol–water partition coefficient (Wildman–Crippen LogP) is 3.28. The number of carbonyl (C=O) groups excluding carboxylic acids is 1. The van der Waals surface area contributed by atoms with Crippen LogP contribution in [0.25, 0.3) is 0 Å². The zero-order chi connectivity index (χ0) is 16.2.